The van der Waals surface area contributed by atoms with E-state index in [1.807, 2.05) is 54.8 Å². The van der Waals surface area contributed by atoms with Crippen LogP contribution in [0.4, 0.5) is 0 Å². The molecule has 0 saturated heterocycles. The van der Waals surface area contributed by atoms with E-state index in [0.29, 0.717) is 21.4 Å². The molecule has 0 aliphatic heterocycles. The van der Waals surface area contributed by atoms with Crippen molar-refractivity contribution in [1.29, 1.82) is 0 Å². The van der Waals surface area contributed by atoms with E-state index in [2.05, 4.69) is 34.6 Å². The van der Waals surface area contributed by atoms with Gasteiger partial charge < -0.3 is 5.32 Å². The van der Waals surface area contributed by atoms with Crippen molar-refractivity contribution in [1.82, 2.24) is 20.1 Å². The van der Waals surface area contributed by atoms with Crippen LogP contribution in [0.5, 0.6) is 0 Å². The maximum Gasteiger partial charge on any atom is 0.251 e. The molecule has 8 heteroatoms. The van der Waals surface area contributed by atoms with Crippen LogP contribution in [-0.2, 0) is 5.75 Å². The van der Waals surface area contributed by atoms with Gasteiger partial charge in [0.1, 0.15) is 0 Å². The van der Waals surface area contributed by atoms with Gasteiger partial charge in [0.25, 0.3) is 5.91 Å². The molecule has 0 aliphatic rings. The van der Waals surface area contributed by atoms with Crippen LogP contribution in [0, 0.1) is 13.8 Å². The van der Waals surface area contributed by atoms with Gasteiger partial charge in [0.15, 0.2) is 11.0 Å². The number of hydrogen-bond acceptors (Lipinski definition) is 4. The lowest BCUT2D eigenvalue weighted by molar-refractivity contribution is 0.0938. The molecule has 1 amide bonds. The predicted octanol–water partition coefficient (Wildman–Crippen LogP) is 6.97. The molecule has 5 nitrogen and oxygen atoms in total. The molecule has 0 radical (unpaired) electrons. The topological polar surface area (TPSA) is 59.8 Å². The van der Waals surface area contributed by atoms with Gasteiger partial charge >= 0.3 is 0 Å². The molecule has 4 aromatic rings. The van der Waals surface area contributed by atoms with E-state index in [1.54, 1.807) is 30.0 Å². The molecule has 0 saturated carbocycles. The monoisotopic (exact) mass is 510 g/mol. The quantitative estimate of drug-likeness (QED) is 0.272. The first-order valence-electron chi connectivity index (χ1n) is 10.8. The summed E-state index contributed by atoms with van der Waals surface area (Å²) >= 11 is 13.7. The third-order valence-corrected chi connectivity index (χ3v) is 7.20. The van der Waals surface area contributed by atoms with E-state index in [-0.39, 0.29) is 5.91 Å². The summed E-state index contributed by atoms with van der Waals surface area (Å²) in [6, 6.07) is 20.9. The number of aromatic nitrogens is 3. The molecule has 174 valence electrons. The standard InChI is InChI=1S/C26H24Cl2N4OS/c1-16-8-11-21(12-9-16)32-24(18(3)29-25(33)19-10-13-22(27)23(28)14-19)30-31-26(32)34-15-20-7-5-4-6-17(20)2/h4-14,18H,15H2,1-3H3,(H,29,33). The van der Waals surface area contributed by atoms with Crippen LogP contribution in [0.25, 0.3) is 5.69 Å². The maximum absolute atomic E-state index is 12.9. The minimum absolute atomic E-state index is 0.265. The third-order valence-electron chi connectivity index (χ3n) is 5.49. The summed E-state index contributed by atoms with van der Waals surface area (Å²) in [5, 5.41) is 13.4. The summed E-state index contributed by atoms with van der Waals surface area (Å²) in [6.07, 6.45) is 0. The molecule has 1 atom stereocenters. The lowest BCUT2D eigenvalue weighted by Gasteiger charge is -2.17. The molecule has 1 N–H and O–H groups in total. The zero-order valence-corrected chi connectivity index (χ0v) is 21.4. The molecule has 0 aliphatic carbocycles. The highest BCUT2D eigenvalue weighted by Gasteiger charge is 2.22. The largest absolute Gasteiger partial charge is 0.342 e. The highest BCUT2D eigenvalue weighted by atomic mass is 35.5. The van der Waals surface area contributed by atoms with Crippen molar-refractivity contribution in [2.75, 3.05) is 0 Å². The Labute approximate surface area is 213 Å². The Bertz CT molecular complexity index is 1320. The first-order chi connectivity index (χ1) is 16.3. The lowest BCUT2D eigenvalue weighted by Crippen LogP contribution is -2.28. The summed E-state index contributed by atoms with van der Waals surface area (Å²) in [5.74, 6) is 1.14. The molecule has 4 rings (SSSR count). The number of carbonyl (C=O) groups excluding carboxylic acids is 1. The van der Waals surface area contributed by atoms with Crippen LogP contribution >= 0.6 is 35.0 Å². The summed E-state index contributed by atoms with van der Waals surface area (Å²) in [5.41, 5.74) is 5.01. The van der Waals surface area contributed by atoms with Crippen molar-refractivity contribution in [2.45, 2.75) is 37.7 Å². The van der Waals surface area contributed by atoms with Crippen molar-refractivity contribution in [2.24, 2.45) is 0 Å². The van der Waals surface area contributed by atoms with Gasteiger partial charge in [-0.1, -0.05) is 76.9 Å². The first kappa shape index (κ1) is 24.3. The van der Waals surface area contributed by atoms with Crippen molar-refractivity contribution >= 4 is 40.9 Å². The Kier molecular flexibility index (Phi) is 7.61. The molecule has 34 heavy (non-hydrogen) atoms. The van der Waals surface area contributed by atoms with Crippen LogP contribution in [-0.4, -0.2) is 20.7 Å². The molecular formula is C26H24Cl2N4OS. The average molecular weight is 511 g/mol. The summed E-state index contributed by atoms with van der Waals surface area (Å²) in [7, 11) is 0. The number of benzene rings is 3. The van der Waals surface area contributed by atoms with Crippen LogP contribution < -0.4 is 5.32 Å². The second kappa shape index (κ2) is 10.6. The number of nitrogens with one attached hydrogen (secondary N) is 1. The Morgan fingerprint density at radius 2 is 1.74 bits per heavy atom. The van der Waals surface area contributed by atoms with Gasteiger partial charge in [-0.3, -0.25) is 9.36 Å². The van der Waals surface area contributed by atoms with Crippen LogP contribution in [0.3, 0.4) is 0 Å². The number of nitrogens with zero attached hydrogens (tertiary/aromatic N) is 3. The van der Waals surface area contributed by atoms with Crippen molar-refractivity contribution < 1.29 is 4.79 Å². The van der Waals surface area contributed by atoms with Crippen LogP contribution in [0.1, 0.15) is 45.8 Å². The summed E-state index contributed by atoms with van der Waals surface area (Å²) in [4.78, 5) is 12.9. The highest BCUT2D eigenvalue weighted by molar-refractivity contribution is 7.98. The zero-order chi connectivity index (χ0) is 24.2. The normalized spacial score (nSPS) is 11.9. The molecule has 0 spiro atoms. The van der Waals surface area contributed by atoms with Gasteiger partial charge in [-0.25, -0.2) is 0 Å². The van der Waals surface area contributed by atoms with Gasteiger partial charge in [0, 0.05) is 17.0 Å². The van der Waals surface area contributed by atoms with Crippen molar-refractivity contribution in [3.63, 3.8) is 0 Å². The number of halogens is 2. The van der Waals surface area contributed by atoms with E-state index in [0.717, 1.165) is 22.2 Å². The second-order valence-electron chi connectivity index (χ2n) is 8.05. The molecular weight excluding hydrogens is 487 g/mol. The fraction of sp³-hybridized carbons (Fsp3) is 0.192. The van der Waals surface area contributed by atoms with Crippen molar-refractivity contribution in [3.8, 4) is 5.69 Å². The van der Waals surface area contributed by atoms with Crippen LogP contribution in [0.15, 0.2) is 71.9 Å². The van der Waals surface area contributed by atoms with E-state index in [4.69, 9.17) is 23.2 Å². The Balaban J connectivity index is 1.63. The minimum atomic E-state index is -0.399. The molecule has 0 fully saturated rings. The smallest absolute Gasteiger partial charge is 0.251 e. The van der Waals surface area contributed by atoms with Gasteiger partial charge in [-0.2, -0.15) is 0 Å². The number of carbonyl (C=O) groups is 1. The Morgan fingerprint density at radius 1 is 1.00 bits per heavy atom. The molecule has 1 aromatic heterocycles. The van der Waals surface area contributed by atoms with Crippen molar-refractivity contribution in [3.05, 3.63) is 105 Å². The SMILES string of the molecule is Cc1ccc(-n2c(SCc3ccccc3C)nnc2C(C)NC(=O)c2ccc(Cl)c(Cl)c2)cc1. The fourth-order valence-electron chi connectivity index (χ4n) is 3.49. The fourth-order valence-corrected chi connectivity index (χ4v) is 4.82. The predicted molar refractivity (Wildman–Crippen MR) is 139 cm³/mol. The number of thioether (sulfide) groups is 1. The molecule has 0 bridgehead atoms. The van der Waals surface area contributed by atoms with Crippen LogP contribution in [0.2, 0.25) is 10.0 Å². The number of rotatable bonds is 7. The Morgan fingerprint density at radius 3 is 2.44 bits per heavy atom. The van der Waals surface area contributed by atoms with E-state index in [1.165, 1.54) is 11.1 Å². The van der Waals surface area contributed by atoms with E-state index < -0.39 is 6.04 Å². The summed E-state index contributed by atoms with van der Waals surface area (Å²) in [6.45, 7) is 6.04. The first-order valence-corrected chi connectivity index (χ1v) is 12.5. The Hall–Kier alpha value is -2.80. The molecule has 1 unspecified atom stereocenters. The minimum Gasteiger partial charge on any atom is -0.342 e. The molecule has 1 heterocycles. The number of amides is 1. The average Bonchev–Trinajstić information content (AvgIpc) is 3.25. The van der Waals surface area contributed by atoms with Gasteiger partial charge in [0.2, 0.25) is 0 Å². The number of aryl methyl sites for hydroxylation is 2. The zero-order valence-electron chi connectivity index (χ0n) is 19.0. The highest BCUT2D eigenvalue weighted by Crippen LogP contribution is 2.29. The number of hydrogen-bond donors (Lipinski definition) is 1. The maximum atomic E-state index is 12.9. The van der Waals surface area contributed by atoms with Gasteiger partial charge in [-0.15, -0.1) is 10.2 Å². The van der Waals surface area contributed by atoms with E-state index in [9.17, 15) is 4.79 Å². The molecule has 3 aromatic carbocycles. The second-order valence-corrected chi connectivity index (χ2v) is 9.81. The lowest BCUT2D eigenvalue weighted by atomic mass is 10.1. The van der Waals surface area contributed by atoms with Gasteiger partial charge in [-0.05, 0) is 62.2 Å². The van der Waals surface area contributed by atoms with E-state index >= 15 is 0 Å². The van der Waals surface area contributed by atoms with Gasteiger partial charge in [0.05, 0.1) is 16.1 Å². The third kappa shape index (κ3) is 5.46. The summed E-state index contributed by atoms with van der Waals surface area (Å²) < 4.78 is 2.00.